The first-order chi connectivity index (χ1) is 22.2. The first-order valence-electron chi connectivity index (χ1n) is 15.0. The Bertz CT molecular complexity index is 2040. The molecular weight excluding hydrogens is 624 g/mol. The minimum atomic E-state index is -3.77. The minimum absolute atomic E-state index is 0.0150. The van der Waals surface area contributed by atoms with Crippen molar-refractivity contribution >= 4 is 49.9 Å². The largest absolute Gasteiger partial charge is 0.480 e. The number of amides is 2. The molecule has 2 aliphatic rings. The number of carbonyl (C=O) groups excluding carboxylic acids is 2. The molecule has 0 aliphatic carbocycles. The fraction of sp³-hybridized carbons (Fsp3) is 0.303. The number of hydrogen-bond donors (Lipinski definition) is 5. The van der Waals surface area contributed by atoms with Crippen LogP contribution in [0.1, 0.15) is 47.7 Å². The van der Waals surface area contributed by atoms with E-state index in [1.165, 1.54) is 29.4 Å². The van der Waals surface area contributed by atoms with Crippen molar-refractivity contribution in [1.82, 2.24) is 20.2 Å². The highest BCUT2D eigenvalue weighted by molar-refractivity contribution is 7.92. The van der Waals surface area contributed by atoms with E-state index < -0.39 is 45.5 Å². The van der Waals surface area contributed by atoms with Crippen molar-refractivity contribution in [3.05, 3.63) is 93.0 Å². The summed E-state index contributed by atoms with van der Waals surface area (Å²) in [5.74, 6) is -2.05. The lowest BCUT2D eigenvalue weighted by Crippen LogP contribution is -2.37. The third kappa shape index (κ3) is 7.34. The maximum Gasteiger partial charge on any atom is 0.317 e. The Morgan fingerprint density at radius 2 is 1.77 bits per heavy atom. The van der Waals surface area contributed by atoms with Gasteiger partial charge in [-0.3, -0.25) is 24.1 Å². The van der Waals surface area contributed by atoms with E-state index in [0.29, 0.717) is 27.8 Å². The van der Waals surface area contributed by atoms with Gasteiger partial charge >= 0.3 is 5.97 Å². The minimum Gasteiger partial charge on any atom is -0.480 e. The molecule has 0 spiro atoms. The molecular formula is C33H36N6O7S. The van der Waals surface area contributed by atoms with Crippen LogP contribution in [0, 0.1) is 13.8 Å². The Labute approximate surface area is 271 Å². The number of benzene rings is 3. The Balaban J connectivity index is 1.63. The van der Waals surface area contributed by atoms with Gasteiger partial charge in [0.15, 0.2) is 9.84 Å². The van der Waals surface area contributed by atoms with Crippen molar-refractivity contribution in [3.63, 3.8) is 0 Å². The third-order valence-electron chi connectivity index (χ3n) is 8.10. The molecule has 3 aromatic carbocycles. The third-order valence-corrected chi connectivity index (χ3v) is 10.4. The number of H-pyrrole nitrogens is 1. The summed E-state index contributed by atoms with van der Waals surface area (Å²) in [7, 11) is -3.77. The summed E-state index contributed by atoms with van der Waals surface area (Å²) in [5.41, 5.74) is 4.12. The number of carboxylic acids is 1. The molecule has 4 aromatic rings. The van der Waals surface area contributed by atoms with E-state index in [2.05, 4.69) is 25.9 Å². The van der Waals surface area contributed by atoms with E-state index in [-0.39, 0.29) is 35.7 Å². The first-order valence-corrected chi connectivity index (χ1v) is 16.5. The summed E-state index contributed by atoms with van der Waals surface area (Å²) >= 11 is 0. The molecule has 1 atom stereocenters. The molecule has 3 heterocycles. The predicted octanol–water partition coefficient (Wildman–Crippen LogP) is 3.03. The molecule has 0 saturated heterocycles. The summed E-state index contributed by atoms with van der Waals surface area (Å²) in [6.45, 7) is 6.15. The Morgan fingerprint density at radius 1 is 1.04 bits per heavy atom. The smallest absolute Gasteiger partial charge is 0.317 e. The highest BCUT2D eigenvalue weighted by atomic mass is 32.2. The van der Waals surface area contributed by atoms with E-state index in [0.717, 1.165) is 16.7 Å². The lowest BCUT2D eigenvalue weighted by Gasteiger charge is -2.26. The zero-order chi connectivity index (χ0) is 34.0. The van der Waals surface area contributed by atoms with Crippen LogP contribution in [-0.4, -0.2) is 64.5 Å². The topological polar surface area (TPSA) is 191 Å². The summed E-state index contributed by atoms with van der Waals surface area (Å²) in [6.07, 6.45) is 1.31. The van der Waals surface area contributed by atoms with Crippen molar-refractivity contribution < 1.29 is 27.9 Å². The number of sulfone groups is 1. The molecule has 14 heteroatoms. The number of hydrogen-bond acceptors (Lipinski definition) is 9. The highest BCUT2D eigenvalue weighted by Crippen LogP contribution is 2.29. The quantitative estimate of drug-likeness (QED) is 0.206. The standard InChI is InChI=1S/C33H36N6O7S/c1-18(2)47(45,46)28-8-6-23-11-22(28)13-34-33(44)31(38-24-5-7-27-25(12-24)32(43)36-17-35-27)21-9-19(3)26(20(4)10-21)14-39(16-30(41)42)15-29(40)37-23/h5-12,17-18,31,38H,13-16H2,1-4H3,(H,34,44)(H,37,40)(H,41,42)(H,35,36,43). The number of carboxylic acid groups (broad SMARTS) is 1. The maximum atomic E-state index is 14.0. The van der Waals surface area contributed by atoms with Crippen molar-refractivity contribution in [2.45, 2.75) is 57.0 Å². The molecule has 246 valence electrons. The lowest BCUT2D eigenvalue weighted by molar-refractivity contribution is -0.138. The predicted molar refractivity (Wildman–Crippen MR) is 177 cm³/mol. The molecule has 1 unspecified atom stereocenters. The number of anilines is 2. The van der Waals surface area contributed by atoms with Crippen LogP contribution < -0.4 is 21.5 Å². The number of aryl methyl sites for hydroxylation is 2. The Kier molecular flexibility index (Phi) is 9.45. The summed E-state index contributed by atoms with van der Waals surface area (Å²) < 4.78 is 26.6. The molecule has 2 amide bonds. The van der Waals surface area contributed by atoms with Crippen LogP contribution in [0.3, 0.4) is 0 Å². The van der Waals surface area contributed by atoms with E-state index in [1.807, 2.05) is 26.0 Å². The molecule has 0 saturated carbocycles. The molecule has 0 fully saturated rings. The van der Waals surface area contributed by atoms with Gasteiger partial charge in [-0.25, -0.2) is 13.4 Å². The Hall–Kier alpha value is -5.08. The van der Waals surface area contributed by atoms with E-state index in [1.54, 1.807) is 32.0 Å². The molecule has 1 aromatic heterocycles. The SMILES string of the molecule is Cc1cc2cc(C)c1CN(CC(=O)O)CC(=O)Nc1ccc(S(=O)(=O)C(C)C)c(c1)CNC(=O)C2Nc1ccc2nc[nH]c(=O)c2c1. The van der Waals surface area contributed by atoms with Gasteiger partial charge in [0.05, 0.1) is 40.5 Å². The van der Waals surface area contributed by atoms with Gasteiger partial charge in [-0.15, -0.1) is 0 Å². The number of nitrogens with zero attached hydrogens (tertiary/aromatic N) is 2. The molecule has 2 aliphatic heterocycles. The van der Waals surface area contributed by atoms with Crippen LogP contribution in [0.2, 0.25) is 0 Å². The second-order valence-electron chi connectivity index (χ2n) is 11.9. The number of aliphatic carboxylic acids is 1. The average molecular weight is 661 g/mol. The van der Waals surface area contributed by atoms with Crippen molar-refractivity contribution in [2.24, 2.45) is 0 Å². The van der Waals surface area contributed by atoms with E-state index in [9.17, 15) is 32.7 Å². The van der Waals surface area contributed by atoms with Crippen LogP contribution in [-0.2, 0) is 37.3 Å². The van der Waals surface area contributed by atoms with Gasteiger partial charge in [0.25, 0.3) is 5.56 Å². The number of fused-ring (bicyclic) bond motifs is 10. The van der Waals surface area contributed by atoms with Crippen LogP contribution in [0.4, 0.5) is 11.4 Å². The second-order valence-corrected chi connectivity index (χ2v) is 14.4. The van der Waals surface area contributed by atoms with Crippen LogP contribution >= 0.6 is 0 Å². The maximum absolute atomic E-state index is 14.0. The van der Waals surface area contributed by atoms with Gasteiger partial charge in [-0.05, 0) is 91.9 Å². The molecule has 13 nitrogen and oxygen atoms in total. The van der Waals surface area contributed by atoms with Crippen molar-refractivity contribution in [3.8, 4) is 0 Å². The monoisotopic (exact) mass is 660 g/mol. The number of rotatable bonds is 6. The van der Waals surface area contributed by atoms with Gasteiger partial charge in [0.2, 0.25) is 11.8 Å². The van der Waals surface area contributed by atoms with E-state index in [4.69, 9.17) is 0 Å². The van der Waals surface area contributed by atoms with Gasteiger partial charge in [0, 0.05) is 24.5 Å². The van der Waals surface area contributed by atoms with Crippen molar-refractivity contribution in [1.29, 1.82) is 0 Å². The number of aromatic amines is 1. The van der Waals surface area contributed by atoms with Gasteiger partial charge in [-0.1, -0.05) is 12.1 Å². The lowest BCUT2D eigenvalue weighted by atomic mass is 9.94. The number of nitrogens with one attached hydrogen (secondary N) is 4. The summed E-state index contributed by atoms with van der Waals surface area (Å²) in [4.78, 5) is 59.6. The molecule has 0 radical (unpaired) electrons. The normalized spacial score (nSPS) is 16.2. The second kappa shape index (κ2) is 13.3. The number of carbonyl (C=O) groups is 3. The van der Waals surface area contributed by atoms with Gasteiger partial charge in [0.1, 0.15) is 6.04 Å². The molecule has 4 bridgehead atoms. The summed E-state index contributed by atoms with van der Waals surface area (Å²) in [5, 5.41) is 18.0. The highest BCUT2D eigenvalue weighted by Gasteiger charge is 2.27. The van der Waals surface area contributed by atoms with E-state index >= 15 is 0 Å². The molecule has 47 heavy (non-hydrogen) atoms. The fourth-order valence-electron chi connectivity index (χ4n) is 5.67. The molecule has 6 rings (SSSR count). The van der Waals surface area contributed by atoms with Crippen LogP contribution in [0.5, 0.6) is 0 Å². The zero-order valence-corrected chi connectivity index (χ0v) is 27.2. The fourth-order valence-corrected chi connectivity index (χ4v) is 6.93. The van der Waals surface area contributed by atoms with Gasteiger partial charge in [-0.2, -0.15) is 0 Å². The number of aromatic nitrogens is 2. The summed E-state index contributed by atoms with van der Waals surface area (Å²) in [6, 6.07) is 12.0. The van der Waals surface area contributed by atoms with Crippen LogP contribution in [0.15, 0.2) is 64.5 Å². The first kappa shape index (κ1) is 33.3. The zero-order valence-electron chi connectivity index (χ0n) is 26.4. The molecule has 5 N–H and O–H groups in total. The van der Waals surface area contributed by atoms with Crippen LogP contribution in [0.25, 0.3) is 10.9 Å². The van der Waals surface area contributed by atoms with Crippen molar-refractivity contribution in [2.75, 3.05) is 23.7 Å². The van der Waals surface area contributed by atoms with Gasteiger partial charge < -0.3 is 26.0 Å². The Morgan fingerprint density at radius 3 is 2.45 bits per heavy atom. The average Bonchev–Trinajstić information content (AvgIpc) is 2.99.